The van der Waals surface area contributed by atoms with Crippen LogP contribution in [-0.2, 0) is 22.7 Å². The number of benzene rings is 2. The van der Waals surface area contributed by atoms with E-state index in [0.29, 0.717) is 26.4 Å². The van der Waals surface area contributed by atoms with Crippen LogP contribution in [0, 0.1) is 0 Å². The van der Waals surface area contributed by atoms with Crippen molar-refractivity contribution in [2.75, 3.05) is 13.2 Å². The first-order valence-corrected chi connectivity index (χ1v) is 7.76. The summed E-state index contributed by atoms with van der Waals surface area (Å²) < 4.78 is 11.7. The summed E-state index contributed by atoms with van der Waals surface area (Å²) in [6, 6.07) is 20.2. The predicted octanol–water partition coefficient (Wildman–Crippen LogP) is 4.05. The molecule has 0 heterocycles. The highest BCUT2D eigenvalue weighted by Crippen LogP contribution is 2.05. The van der Waals surface area contributed by atoms with Gasteiger partial charge in [-0.3, -0.25) is 4.99 Å². The van der Waals surface area contributed by atoms with Crippen LogP contribution in [0.4, 0.5) is 0 Å². The number of ether oxygens (including phenoxy) is 2. The Hall–Kier alpha value is -2.23. The molecule has 0 N–H and O–H groups in total. The molecular weight excluding hydrogens is 286 g/mol. The zero-order chi connectivity index (χ0) is 16.2. The lowest BCUT2D eigenvalue weighted by Gasteiger charge is -2.14. The topological polar surface area (TPSA) is 30.8 Å². The van der Waals surface area contributed by atoms with Gasteiger partial charge in [0.05, 0.1) is 26.4 Å². The van der Waals surface area contributed by atoms with Crippen LogP contribution in [0.15, 0.2) is 78.3 Å². The third-order valence-electron chi connectivity index (χ3n) is 3.21. The maximum absolute atomic E-state index is 5.90. The quantitative estimate of drug-likeness (QED) is 0.490. The van der Waals surface area contributed by atoms with Gasteiger partial charge in [0, 0.05) is 6.21 Å². The Morgan fingerprint density at radius 3 is 2.13 bits per heavy atom. The Kier molecular flexibility index (Phi) is 7.81. The SMILES string of the molecule is C=CCN=C[C@@H](COCc1ccccc1)OCc1ccccc1. The Morgan fingerprint density at radius 2 is 1.52 bits per heavy atom. The molecule has 0 amide bonds. The number of rotatable bonds is 10. The van der Waals surface area contributed by atoms with E-state index in [-0.39, 0.29) is 6.10 Å². The van der Waals surface area contributed by atoms with E-state index < -0.39 is 0 Å². The van der Waals surface area contributed by atoms with Gasteiger partial charge >= 0.3 is 0 Å². The smallest absolute Gasteiger partial charge is 0.116 e. The summed E-state index contributed by atoms with van der Waals surface area (Å²) in [6.07, 6.45) is 3.39. The second-order valence-electron chi connectivity index (χ2n) is 5.14. The Bertz CT molecular complexity index is 581. The molecule has 0 aliphatic carbocycles. The summed E-state index contributed by atoms with van der Waals surface area (Å²) in [7, 11) is 0. The highest BCUT2D eigenvalue weighted by Gasteiger charge is 2.07. The molecule has 2 rings (SSSR count). The molecule has 0 bridgehead atoms. The summed E-state index contributed by atoms with van der Waals surface area (Å²) in [6.45, 7) is 5.84. The van der Waals surface area contributed by atoms with Gasteiger partial charge in [-0.25, -0.2) is 0 Å². The lowest BCUT2D eigenvalue weighted by atomic mass is 10.2. The van der Waals surface area contributed by atoms with Gasteiger partial charge in [-0.1, -0.05) is 66.7 Å². The molecule has 3 heteroatoms. The summed E-state index contributed by atoms with van der Waals surface area (Å²) in [5.74, 6) is 0. The summed E-state index contributed by atoms with van der Waals surface area (Å²) in [4.78, 5) is 4.28. The number of hydrogen-bond donors (Lipinski definition) is 0. The van der Waals surface area contributed by atoms with Crippen LogP contribution in [0.5, 0.6) is 0 Å². The van der Waals surface area contributed by atoms with E-state index in [1.54, 1.807) is 12.3 Å². The van der Waals surface area contributed by atoms with Crippen molar-refractivity contribution in [2.45, 2.75) is 19.3 Å². The monoisotopic (exact) mass is 309 g/mol. The minimum atomic E-state index is -0.168. The maximum Gasteiger partial charge on any atom is 0.116 e. The van der Waals surface area contributed by atoms with E-state index in [4.69, 9.17) is 9.47 Å². The van der Waals surface area contributed by atoms with Crippen LogP contribution in [0.3, 0.4) is 0 Å². The second-order valence-corrected chi connectivity index (χ2v) is 5.14. The Morgan fingerprint density at radius 1 is 0.913 bits per heavy atom. The predicted molar refractivity (Wildman–Crippen MR) is 94.7 cm³/mol. The standard InChI is InChI=1S/C20H23NO2/c1-2-13-21-14-20(23-16-19-11-7-4-8-12-19)17-22-15-18-9-5-3-6-10-18/h2-12,14,20H,1,13,15-17H2/t20-/m0/s1. The number of hydrogen-bond acceptors (Lipinski definition) is 3. The largest absolute Gasteiger partial charge is 0.374 e. The normalized spacial score (nSPS) is 12.3. The van der Waals surface area contributed by atoms with Gasteiger partial charge in [-0.05, 0) is 11.1 Å². The number of nitrogens with zero attached hydrogens (tertiary/aromatic N) is 1. The Labute approximate surface area is 138 Å². The third kappa shape index (κ3) is 7.04. The zero-order valence-corrected chi connectivity index (χ0v) is 13.3. The van der Waals surface area contributed by atoms with E-state index in [1.807, 2.05) is 60.7 Å². The van der Waals surface area contributed by atoms with Crippen LogP contribution in [-0.4, -0.2) is 25.5 Å². The van der Waals surface area contributed by atoms with Gasteiger partial charge in [0.1, 0.15) is 6.10 Å². The Balaban J connectivity index is 1.82. The highest BCUT2D eigenvalue weighted by molar-refractivity contribution is 5.63. The fraction of sp³-hybridized carbons (Fsp3) is 0.250. The molecule has 0 saturated heterocycles. The van der Waals surface area contributed by atoms with E-state index >= 15 is 0 Å². The van der Waals surface area contributed by atoms with Gasteiger partial charge in [0.25, 0.3) is 0 Å². The second kappa shape index (κ2) is 10.5. The van der Waals surface area contributed by atoms with Crippen molar-refractivity contribution in [2.24, 2.45) is 4.99 Å². The van der Waals surface area contributed by atoms with Crippen LogP contribution >= 0.6 is 0 Å². The third-order valence-corrected chi connectivity index (χ3v) is 3.21. The molecule has 1 atom stereocenters. The average molecular weight is 309 g/mol. The van der Waals surface area contributed by atoms with Crippen LogP contribution in [0.2, 0.25) is 0 Å². The average Bonchev–Trinajstić information content (AvgIpc) is 2.61. The van der Waals surface area contributed by atoms with Crippen molar-refractivity contribution in [1.29, 1.82) is 0 Å². The molecular formula is C20H23NO2. The first kappa shape index (κ1) is 17.1. The molecule has 0 aliphatic heterocycles. The van der Waals surface area contributed by atoms with Crippen molar-refractivity contribution >= 4 is 6.21 Å². The van der Waals surface area contributed by atoms with Crippen LogP contribution in [0.25, 0.3) is 0 Å². The van der Waals surface area contributed by atoms with Gasteiger partial charge in [-0.15, -0.1) is 6.58 Å². The van der Waals surface area contributed by atoms with Crippen LogP contribution in [0.1, 0.15) is 11.1 Å². The summed E-state index contributed by atoms with van der Waals surface area (Å²) in [5, 5.41) is 0. The molecule has 0 unspecified atom stereocenters. The lowest BCUT2D eigenvalue weighted by Crippen LogP contribution is -2.21. The van der Waals surface area contributed by atoms with Crippen LogP contribution < -0.4 is 0 Å². The van der Waals surface area contributed by atoms with Gasteiger partial charge in [-0.2, -0.15) is 0 Å². The van der Waals surface area contributed by atoms with Crippen molar-refractivity contribution in [3.8, 4) is 0 Å². The molecule has 0 radical (unpaired) electrons. The summed E-state index contributed by atoms with van der Waals surface area (Å²) >= 11 is 0. The van der Waals surface area contributed by atoms with Gasteiger partial charge < -0.3 is 9.47 Å². The van der Waals surface area contributed by atoms with E-state index in [1.165, 1.54) is 0 Å². The molecule has 0 aliphatic rings. The fourth-order valence-electron chi connectivity index (χ4n) is 2.03. The zero-order valence-electron chi connectivity index (χ0n) is 13.3. The van der Waals surface area contributed by atoms with Gasteiger partial charge in [0.2, 0.25) is 0 Å². The molecule has 3 nitrogen and oxygen atoms in total. The molecule has 0 aromatic heterocycles. The minimum absolute atomic E-state index is 0.168. The number of aliphatic imine (C=N–C) groups is 1. The maximum atomic E-state index is 5.90. The molecule has 120 valence electrons. The van der Waals surface area contributed by atoms with E-state index in [0.717, 1.165) is 11.1 Å². The first-order valence-electron chi connectivity index (χ1n) is 7.76. The first-order chi connectivity index (χ1) is 11.4. The van der Waals surface area contributed by atoms with Crippen molar-refractivity contribution in [3.63, 3.8) is 0 Å². The van der Waals surface area contributed by atoms with Crippen molar-refractivity contribution in [3.05, 3.63) is 84.4 Å². The molecule has 0 spiro atoms. The lowest BCUT2D eigenvalue weighted by molar-refractivity contribution is 0.00648. The van der Waals surface area contributed by atoms with Gasteiger partial charge in [0.15, 0.2) is 0 Å². The van der Waals surface area contributed by atoms with Crippen molar-refractivity contribution in [1.82, 2.24) is 0 Å². The van der Waals surface area contributed by atoms with E-state index in [9.17, 15) is 0 Å². The fourth-order valence-corrected chi connectivity index (χ4v) is 2.03. The summed E-state index contributed by atoms with van der Waals surface area (Å²) in [5.41, 5.74) is 2.29. The molecule has 0 fully saturated rings. The minimum Gasteiger partial charge on any atom is -0.374 e. The van der Waals surface area contributed by atoms with Crippen molar-refractivity contribution < 1.29 is 9.47 Å². The molecule has 0 saturated carbocycles. The molecule has 23 heavy (non-hydrogen) atoms. The highest BCUT2D eigenvalue weighted by atomic mass is 16.5. The van der Waals surface area contributed by atoms with E-state index in [2.05, 4.69) is 11.6 Å². The molecule has 2 aromatic rings. The molecule has 2 aromatic carbocycles.